The third-order valence-corrected chi connectivity index (χ3v) is 3.68. The molecule has 0 aliphatic heterocycles. The lowest BCUT2D eigenvalue weighted by Gasteiger charge is -2.14. The fourth-order valence-electron chi connectivity index (χ4n) is 2.38. The van der Waals surface area contributed by atoms with E-state index in [2.05, 4.69) is 15.6 Å². The zero-order chi connectivity index (χ0) is 17.1. The van der Waals surface area contributed by atoms with Crippen molar-refractivity contribution >= 4 is 28.5 Å². The van der Waals surface area contributed by atoms with E-state index in [0.717, 1.165) is 16.8 Å². The van der Waals surface area contributed by atoms with E-state index < -0.39 is 0 Å². The van der Waals surface area contributed by atoms with Crippen molar-refractivity contribution in [1.82, 2.24) is 10.3 Å². The van der Waals surface area contributed by atoms with Crippen LogP contribution in [-0.2, 0) is 0 Å². The highest BCUT2D eigenvalue weighted by atomic mass is 16.3. The Bertz CT molecular complexity index is 807. The summed E-state index contributed by atoms with van der Waals surface area (Å²) in [5, 5.41) is 6.65. The maximum atomic E-state index is 12.1. The quantitative estimate of drug-likeness (QED) is 0.766. The number of carbonyl (C=O) groups is 1. The minimum absolute atomic E-state index is 0.244. The molecule has 24 heavy (non-hydrogen) atoms. The van der Waals surface area contributed by atoms with Gasteiger partial charge in [-0.15, -0.1) is 0 Å². The van der Waals surface area contributed by atoms with Crippen LogP contribution in [0.4, 0.5) is 16.3 Å². The number of hydrogen-bond donors (Lipinski definition) is 2. The molecule has 1 aromatic carbocycles. The smallest absolute Gasteiger partial charge is 0.319 e. The summed E-state index contributed by atoms with van der Waals surface area (Å²) in [5.74, 6) is 1.55. The van der Waals surface area contributed by atoms with Crippen LogP contribution in [0.1, 0.15) is 18.7 Å². The van der Waals surface area contributed by atoms with Crippen LogP contribution in [0, 0.1) is 0 Å². The molecule has 6 nitrogen and oxygen atoms in total. The van der Waals surface area contributed by atoms with Crippen molar-refractivity contribution in [2.24, 2.45) is 0 Å². The molecule has 1 atom stereocenters. The number of aromatic nitrogens is 1. The number of urea groups is 1. The van der Waals surface area contributed by atoms with Crippen LogP contribution < -0.4 is 15.5 Å². The molecule has 3 rings (SSSR count). The van der Waals surface area contributed by atoms with Crippen LogP contribution in [-0.4, -0.2) is 25.1 Å². The van der Waals surface area contributed by atoms with Gasteiger partial charge in [0, 0.05) is 19.5 Å². The van der Waals surface area contributed by atoms with E-state index in [9.17, 15) is 4.79 Å². The lowest BCUT2D eigenvalue weighted by Crippen LogP contribution is -2.31. The third kappa shape index (κ3) is 3.48. The summed E-state index contributed by atoms with van der Waals surface area (Å²) in [6.07, 6.45) is 1.63. The number of furan rings is 1. The Morgan fingerprint density at radius 3 is 2.67 bits per heavy atom. The summed E-state index contributed by atoms with van der Waals surface area (Å²) in [6.45, 7) is 1.88. The lowest BCUT2D eigenvalue weighted by atomic mass is 10.2. The number of hydrogen-bond acceptors (Lipinski definition) is 4. The van der Waals surface area contributed by atoms with Gasteiger partial charge in [0.2, 0.25) is 0 Å². The van der Waals surface area contributed by atoms with Crippen LogP contribution in [0.3, 0.4) is 0 Å². The second-order valence-corrected chi connectivity index (χ2v) is 5.81. The highest BCUT2D eigenvalue weighted by Gasteiger charge is 2.14. The molecule has 2 N–H and O–H groups in total. The van der Waals surface area contributed by atoms with Crippen LogP contribution in [0.2, 0.25) is 0 Å². The van der Waals surface area contributed by atoms with E-state index in [1.165, 1.54) is 0 Å². The Morgan fingerprint density at radius 1 is 1.21 bits per heavy atom. The molecule has 2 amide bonds. The van der Waals surface area contributed by atoms with Gasteiger partial charge in [-0.2, -0.15) is 0 Å². The predicted octanol–water partition coefficient (Wildman–Crippen LogP) is 3.78. The van der Waals surface area contributed by atoms with Crippen molar-refractivity contribution in [2.45, 2.75) is 13.0 Å². The fraction of sp³-hybridized carbons (Fsp3) is 0.222. The van der Waals surface area contributed by atoms with Gasteiger partial charge < -0.3 is 20.0 Å². The average Bonchev–Trinajstić information content (AvgIpc) is 2.99. The number of carbonyl (C=O) groups excluding carboxylic acids is 1. The maximum absolute atomic E-state index is 12.1. The molecule has 0 aliphatic carbocycles. The first kappa shape index (κ1) is 15.9. The van der Waals surface area contributed by atoms with Gasteiger partial charge in [-0.1, -0.05) is 18.2 Å². The molecule has 0 bridgehead atoms. The first-order chi connectivity index (χ1) is 11.5. The number of anilines is 2. The van der Waals surface area contributed by atoms with Gasteiger partial charge >= 0.3 is 6.03 Å². The molecule has 0 spiro atoms. The SMILES string of the molecule is CC(NC(=O)Nc1ccc(N(C)C)nc1)c1cc2ccccc2o1. The molecule has 6 heteroatoms. The Labute approximate surface area is 140 Å². The van der Waals surface area contributed by atoms with Gasteiger partial charge in [0.1, 0.15) is 17.2 Å². The Hall–Kier alpha value is -3.02. The lowest BCUT2D eigenvalue weighted by molar-refractivity contribution is 0.248. The van der Waals surface area contributed by atoms with Crippen LogP contribution in [0.15, 0.2) is 53.1 Å². The predicted molar refractivity (Wildman–Crippen MR) is 95.3 cm³/mol. The molecule has 3 aromatic rings. The molecule has 0 aliphatic rings. The summed E-state index contributed by atoms with van der Waals surface area (Å²) in [7, 11) is 3.83. The number of nitrogens with one attached hydrogen (secondary N) is 2. The molecule has 2 heterocycles. The van der Waals surface area contributed by atoms with Crippen molar-refractivity contribution < 1.29 is 9.21 Å². The van der Waals surface area contributed by atoms with E-state index in [1.807, 2.05) is 68.4 Å². The van der Waals surface area contributed by atoms with E-state index in [-0.39, 0.29) is 12.1 Å². The highest BCUT2D eigenvalue weighted by molar-refractivity contribution is 5.89. The number of fused-ring (bicyclic) bond motifs is 1. The minimum Gasteiger partial charge on any atom is -0.459 e. The van der Waals surface area contributed by atoms with Crippen molar-refractivity contribution in [3.05, 3.63) is 54.4 Å². The van der Waals surface area contributed by atoms with E-state index in [4.69, 9.17) is 4.42 Å². The highest BCUT2D eigenvalue weighted by Crippen LogP contribution is 2.23. The Kier molecular flexibility index (Phi) is 4.37. The topological polar surface area (TPSA) is 70.4 Å². The molecular weight excluding hydrogens is 304 g/mol. The van der Waals surface area contributed by atoms with Crippen LogP contribution >= 0.6 is 0 Å². The summed E-state index contributed by atoms with van der Waals surface area (Å²) in [4.78, 5) is 18.3. The van der Waals surface area contributed by atoms with Gasteiger partial charge in [-0.25, -0.2) is 9.78 Å². The summed E-state index contributed by atoms with van der Waals surface area (Å²) < 4.78 is 5.76. The summed E-state index contributed by atoms with van der Waals surface area (Å²) in [5.41, 5.74) is 1.44. The standard InChI is InChI=1S/C18H20N4O2/c1-12(16-10-13-6-4-5-7-15(13)24-16)20-18(23)21-14-8-9-17(19-11-14)22(2)3/h4-12H,1-3H3,(H2,20,21,23). The second kappa shape index (κ2) is 6.62. The summed E-state index contributed by atoms with van der Waals surface area (Å²) >= 11 is 0. The molecule has 124 valence electrons. The van der Waals surface area contributed by atoms with Gasteiger partial charge in [-0.3, -0.25) is 0 Å². The van der Waals surface area contributed by atoms with Crippen molar-refractivity contribution in [3.63, 3.8) is 0 Å². The second-order valence-electron chi connectivity index (χ2n) is 5.81. The van der Waals surface area contributed by atoms with Crippen LogP contribution in [0.25, 0.3) is 11.0 Å². The molecule has 0 saturated carbocycles. The normalized spacial score (nSPS) is 12.0. The fourth-order valence-corrected chi connectivity index (χ4v) is 2.38. The number of para-hydroxylation sites is 1. The van der Waals surface area contributed by atoms with E-state index >= 15 is 0 Å². The zero-order valence-corrected chi connectivity index (χ0v) is 13.9. The first-order valence-electron chi connectivity index (χ1n) is 7.72. The van der Waals surface area contributed by atoms with Crippen molar-refractivity contribution in [2.75, 3.05) is 24.3 Å². The number of benzene rings is 1. The van der Waals surface area contributed by atoms with E-state index in [1.54, 1.807) is 6.20 Å². The number of amides is 2. The maximum Gasteiger partial charge on any atom is 0.319 e. The monoisotopic (exact) mass is 324 g/mol. The molecular formula is C18H20N4O2. The van der Waals surface area contributed by atoms with Gasteiger partial charge in [-0.05, 0) is 31.2 Å². The van der Waals surface area contributed by atoms with Crippen LogP contribution in [0.5, 0.6) is 0 Å². The van der Waals surface area contributed by atoms with Gasteiger partial charge in [0.05, 0.1) is 17.9 Å². The van der Waals surface area contributed by atoms with Crippen molar-refractivity contribution in [1.29, 1.82) is 0 Å². The third-order valence-electron chi connectivity index (χ3n) is 3.68. The molecule has 0 saturated heterocycles. The largest absolute Gasteiger partial charge is 0.459 e. The number of nitrogens with zero attached hydrogens (tertiary/aromatic N) is 2. The molecule has 0 fully saturated rings. The first-order valence-corrected chi connectivity index (χ1v) is 7.72. The number of pyridine rings is 1. The Balaban J connectivity index is 1.63. The zero-order valence-electron chi connectivity index (χ0n) is 13.9. The van der Waals surface area contributed by atoms with E-state index in [0.29, 0.717) is 11.4 Å². The molecule has 2 aromatic heterocycles. The minimum atomic E-state index is -0.303. The Morgan fingerprint density at radius 2 is 2.00 bits per heavy atom. The summed E-state index contributed by atoms with van der Waals surface area (Å²) in [6, 6.07) is 12.8. The van der Waals surface area contributed by atoms with Gasteiger partial charge in [0.15, 0.2) is 0 Å². The molecule has 1 unspecified atom stereocenters. The molecule has 0 radical (unpaired) electrons. The number of rotatable bonds is 4. The average molecular weight is 324 g/mol. The van der Waals surface area contributed by atoms with Gasteiger partial charge in [0.25, 0.3) is 0 Å². The van der Waals surface area contributed by atoms with Crippen molar-refractivity contribution in [3.8, 4) is 0 Å².